The highest BCUT2D eigenvalue weighted by Gasteiger charge is 2.24. The molecule has 0 aliphatic rings. The number of hydrogen-bond acceptors (Lipinski definition) is 3. The zero-order valence-corrected chi connectivity index (χ0v) is 9.16. The lowest BCUT2D eigenvalue weighted by Crippen LogP contribution is -2.26. The summed E-state index contributed by atoms with van der Waals surface area (Å²) in [6.45, 7) is 3.99. The van der Waals surface area contributed by atoms with Crippen LogP contribution in [0.5, 0.6) is 5.75 Å². The van der Waals surface area contributed by atoms with Crippen molar-refractivity contribution in [3.8, 4) is 5.75 Å². The van der Waals surface area contributed by atoms with Gasteiger partial charge in [-0.1, -0.05) is 6.92 Å². The van der Waals surface area contributed by atoms with Gasteiger partial charge in [0.2, 0.25) is 0 Å². The highest BCUT2D eigenvalue weighted by atomic mass is 19.1. The zero-order chi connectivity index (χ0) is 11.3. The fourth-order valence-corrected chi connectivity index (χ4v) is 1.12. The molecule has 0 saturated heterocycles. The lowest BCUT2D eigenvalue weighted by molar-refractivity contribution is 0.201. The van der Waals surface area contributed by atoms with Crippen LogP contribution >= 0.6 is 0 Å². The second-order valence-corrected chi connectivity index (χ2v) is 3.66. The Morgan fingerprint density at radius 2 is 2.27 bits per heavy atom. The lowest BCUT2D eigenvalue weighted by atomic mass is 10.0. The van der Waals surface area contributed by atoms with Gasteiger partial charge in [0, 0.05) is 18.3 Å². The van der Waals surface area contributed by atoms with Gasteiger partial charge in [-0.05, 0) is 19.4 Å². The Bertz CT molecular complexity index is 315. The summed E-state index contributed by atoms with van der Waals surface area (Å²) in [5.74, 6) is 0.590. The molecule has 0 spiro atoms. The SMILES string of the molecule is CCCOc1cncc(C(C)(F)CN)c1. The third-order valence-electron chi connectivity index (χ3n) is 2.17. The Morgan fingerprint density at radius 1 is 1.53 bits per heavy atom. The van der Waals surface area contributed by atoms with Crippen LogP contribution in [0, 0.1) is 0 Å². The Morgan fingerprint density at radius 3 is 2.87 bits per heavy atom. The number of pyridine rings is 1. The first kappa shape index (κ1) is 11.9. The van der Waals surface area contributed by atoms with Gasteiger partial charge < -0.3 is 10.5 Å². The monoisotopic (exact) mass is 212 g/mol. The number of hydrogen-bond donors (Lipinski definition) is 1. The predicted octanol–water partition coefficient (Wildman–Crippen LogP) is 2.01. The van der Waals surface area contributed by atoms with Crippen molar-refractivity contribution >= 4 is 0 Å². The van der Waals surface area contributed by atoms with E-state index in [1.807, 2.05) is 6.92 Å². The molecule has 0 saturated carbocycles. The molecule has 0 aliphatic carbocycles. The van der Waals surface area contributed by atoms with Gasteiger partial charge in [0.15, 0.2) is 0 Å². The molecule has 0 aliphatic heterocycles. The van der Waals surface area contributed by atoms with E-state index in [2.05, 4.69) is 4.98 Å². The molecule has 1 heterocycles. The maximum absolute atomic E-state index is 13.8. The highest BCUT2D eigenvalue weighted by molar-refractivity contribution is 5.28. The minimum atomic E-state index is -1.54. The van der Waals surface area contributed by atoms with Crippen molar-refractivity contribution < 1.29 is 9.13 Å². The van der Waals surface area contributed by atoms with Crippen LogP contribution in [0.25, 0.3) is 0 Å². The number of nitrogens with two attached hydrogens (primary N) is 1. The smallest absolute Gasteiger partial charge is 0.146 e. The normalized spacial score (nSPS) is 14.7. The van der Waals surface area contributed by atoms with Crippen molar-refractivity contribution in [3.63, 3.8) is 0 Å². The molecule has 1 aromatic heterocycles. The first-order valence-corrected chi connectivity index (χ1v) is 5.07. The second kappa shape index (κ2) is 5.07. The average molecular weight is 212 g/mol. The van der Waals surface area contributed by atoms with Crippen molar-refractivity contribution in [2.24, 2.45) is 5.73 Å². The van der Waals surface area contributed by atoms with Crippen LogP contribution in [0.2, 0.25) is 0 Å². The van der Waals surface area contributed by atoms with Gasteiger partial charge in [0.25, 0.3) is 0 Å². The van der Waals surface area contributed by atoms with Crippen molar-refractivity contribution in [2.45, 2.75) is 25.9 Å². The molecule has 0 bridgehead atoms. The van der Waals surface area contributed by atoms with Crippen LogP contribution in [-0.4, -0.2) is 18.1 Å². The molecule has 15 heavy (non-hydrogen) atoms. The summed E-state index contributed by atoms with van der Waals surface area (Å²) in [6.07, 6.45) is 3.96. The molecule has 4 heteroatoms. The fraction of sp³-hybridized carbons (Fsp3) is 0.545. The largest absolute Gasteiger partial charge is 0.492 e. The molecule has 1 rings (SSSR count). The Balaban J connectivity index is 2.82. The van der Waals surface area contributed by atoms with Gasteiger partial charge in [-0.2, -0.15) is 0 Å². The van der Waals surface area contributed by atoms with Gasteiger partial charge in [0.1, 0.15) is 11.4 Å². The second-order valence-electron chi connectivity index (χ2n) is 3.66. The van der Waals surface area contributed by atoms with E-state index in [-0.39, 0.29) is 6.54 Å². The molecular weight excluding hydrogens is 195 g/mol. The van der Waals surface area contributed by atoms with Crippen LogP contribution < -0.4 is 10.5 Å². The van der Waals surface area contributed by atoms with E-state index in [1.54, 1.807) is 12.3 Å². The Labute approximate surface area is 89.5 Å². The van der Waals surface area contributed by atoms with E-state index in [0.29, 0.717) is 17.9 Å². The quantitative estimate of drug-likeness (QED) is 0.812. The Kier molecular flexibility index (Phi) is 4.03. The number of alkyl halides is 1. The van der Waals surface area contributed by atoms with E-state index in [0.717, 1.165) is 6.42 Å². The van der Waals surface area contributed by atoms with Crippen LogP contribution in [-0.2, 0) is 5.67 Å². The fourth-order valence-electron chi connectivity index (χ4n) is 1.12. The van der Waals surface area contributed by atoms with E-state index in [4.69, 9.17) is 10.5 Å². The molecule has 2 N–H and O–H groups in total. The highest BCUT2D eigenvalue weighted by Crippen LogP contribution is 2.26. The first-order valence-electron chi connectivity index (χ1n) is 5.07. The first-order chi connectivity index (χ1) is 7.10. The number of nitrogens with zero attached hydrogens (tertiary/aromatic N) is 1. The summed E-state index contributed by atoms with van der Waals surface area (Å²) < 4.78 is 19.2. The molecule has 3 nitrogen and oxygen atoms in total. The summed E-state index contributed by atoms with van der Waals surface area (Å²) >= 11 is 0. The van der Waals surface area contributed by atoms with Crippen molar-refractivity contribution in [1.29, 1.82) is 0 Å². The van der Waals surface area contributed by atoms with Gasteiger partial charge in [-0.3, -0.25) is 4.98 Å². The number of halogens is 1. The molecule has 0 amide bonds. The average Bonchev–Trinajstić information content (AvgIpc) is 2.27. The number of ether oxygens (including phenoxy) is 1. The molecule has 0 aromatic carbocycles. The van der Waals surface area contributed by atoms with Gasteiger partial charge in [-0.25, -0.2) is 4.39 Å². The predicted molar refractivity (Wildman–Crippen MR) is 57.5 cm³/mol. The standard InChI is InChI=1S/C11H17FN2O/c1-3-4-15-10-5-9(6-14-7-10)11(2,12)8-13/h5-7H,3-4,8,13H2,1-2H3. The molecule has 0 radical (unpaired) electrons. The molecule has 0 fully saturated rings. The van der Waals surface area contributed by atoms with E-state index in [9.17, 15) is 4.39 Å². The van der Waals surface area contributed by atoms with Gasteiger partial charge in [0.05, 0.1) is 12.8 Å². The molecule has 84 valence electrons. The third-order valence-corrected chi connectivity index (χ3v) is 2.17. The third kappa shape index (κ3) is 3.16. The van der Waals surface area contributed by atoms with Crippen LogP contribution in [0.3, 0.4) is 0 Å². The minimum absolute atomic E-state index is 0.0636. The summed E-state index contributed by atoms with van der Waals surface area (Å²) in [6, 6.07) is 1.65. The molecule has 1 unspecified atom stereocenters. The van der Waals surface area contributed by atoms with Gasteiger partial charge >= 0.3 is 0 Å². The van der Waals surface area contributed by atoms with Crippen molar-refractivity contribution in [1.82, 2.24) is 4.98 Å². The van der Waals surface area contributed by atoms with Crippen molar-refractivity contribution in [3.05, 3.63) is 24.0 Å². The number of aromatic nitrogens is 1. The number of rotatable bonds is 5. The lowest BCUT2D eigenvalue weighted by Gasteiger charge is -2.18. The topological polar surface area (TPSA) is 48.1 Å². The molecule has 1 atom stereocenters. The van der Waals surface area contributed by atoms with Crippen LogP contribution in [0.15, 0.2) is 18.5 Å². The summed E-state index contributed by atoms with van der Waals surface area (Å²) in [4.78, 5) is 3.93. The summed E-state index contributed by atoms with van der Waals surface area (Å²) in [7, 11) is 0. The summed E-state index contributed by atoms with van der Waals surface area (Å²) in [5.41, 5.74) is 4.26. The summed E-state index contributed by atoms with van der Waals surface area (Å²) in [5, 5.41) is 0. The van der Waals surface area contributed by atoms with Gasteiger partial charge in [-0.15, -0.1) is 0 Å². The van der Waals surface area contributed by atoms with Crippen LogP contribution in [0.4, 0.5) is 4.39 Å². The van der Waals surface area contributed by atoms with E-state index >= 15 is 0 Å². The molecular formula is C11H17FN2O. The zero-order valence-electron chi connectivity index (χ0n) is 9.16. The Hall–Kier alpha value is -1.16. The maximum atomic E-state index is 13.8. The van der Waals surface area contributed by atoms with E-state index < -0.39 is 5.67 Å². The van der Waals surface area contributed by atoms with E-state index in [1.165, 1.54) is 13.1 Å². The minimum Gasteiger partial charge on any atom is -0.492 e. The maximum Gasteiger partial charge on any atom is 0.146 e. The molecule has 1 aromatic rings. The van der Waals surface area contributed by atoms with Crippen LogP contribution in [0.1, 0.15) is 25.8 Å². The van der Waals surface area contributed by atoms with Crippen molar-refractivity contribution in [2.75, 3.05) is 13.2 Å².